The summed E-state index contributed by atoms with van der Waals surface area (Å²) < 4.78 is 5.32. The number of terminal acetylenes is 1. The summed E-state index contributed by atoms with van der Waals surface area (Å²) in [5.74, 6) is 3.81. The van der Waals surface area contributed by atoms with Crippen LogP contribution in [0.5, 0.6) is 0 Å². The number of methoxy groups -OCH3 is 1. The van der Waals surface area contributed by atoms with Gasteiger partial charge in [-0.15, -0.1) is 17.4 Å². The van der Waals surface area contributed by atoms with E-state index in [-0.39, 0.29) is 0 Å². The Morgan fingerprint density at radius 1 is 1.21 bits per heavy atom. The van der Waals surface area contributed by atoms with Crippen LogP contribution in [0.25, 0.3) is 15.8 Å². The highest BCUT2D eigenvalue weighted by Crippen LogP contribution is 2.30. The lowest BCUT2D eigenvalue weighted by Crippen LogP contribution is -2.33. The van der Waals surface area contributed by atoms with Crippen molar-refractivity contribution in [3.63, 3.8) is 0 Å². The number of ether oxygens (including phenoxy) is 1. The predicted octanol–water partition coefficient (Wildman–Crippen LogP) is 8.73. The van der Waals surface area contributed by atoms with Crippen molar-refractivity contribution in [2.45, 2.75) is 53.9 Å². The SMILES string of the molecule is C#CC.CC(C)CCC=O.CCC1=NN=C(/C=C(\C)c2ccc(Nc3nc4ccc(Cl)cc4s3)cc2)N(C)C1.COC. The number of halogens is 1. The molecule has 0 spiro atoms. The maximum absolute atomic E-state index is 9.71. The number of rotatable bonds is 8. The number of nitrogens with one attached hydrogen (secondary N) is 1. The number of nitrogens with zero attached hydrogens (tertiary/aromatic N) is 4. The Labute approximate surface area is 260 Å². The number of fused-ring (bicyclic) bond motifs is 1. The van der Waals surface area contributed by atoms with Gasteiger partial charge >= 0.3 is 0 Å². The van der Waals surface area contributed by atoms with Crippen LogP contribution in [0, 0.1) is 18.3 Å². The van der Waals surface area contributed by atoms with Gasteiger partial charge in [-0.05, 0) is 80.2 Å². The second kappa shape index (κ2) is 20.4. The fraction of sp³-hybridized carbons (Fsp3) is 0.394. The molecule has 4 rings (SSSR count). The molecule has 226 valence electrons. The average Bonchev–Trinajstić information content (AvgIpc) is 3.35. The van der Waals surface area contributed by atoms with Crippen molar-refractivity contribution in [2.75, 3.05) is 33.1 Å². The van der Waals surface area contributed by atoms with Crippen LogP contribution in [0.15, 0.2) is 58.7 Å². The fourth-order valence-corrected chi connectivity index (χ4v) is 4.64. The number of anilines is 2. The van der Waals surface area contributed by atoms with Gasteiger partial charge in [0.1, 0.15) is 6.29 Å². The minimum Gasteiger partial charge on any atom is -0.388 e. The number of hydrogen-bond donors (Lipinski definition) is 1. The van der Waals surface area contributed by atoms with E-state index < -0.39 is 0 Å². The molecule has 1 aliphatic heterocycles. The van der Waals surface area contributed by atoms with E-state index in [4.69, 9.17) is 11.6 Å². The lowest BCUT2D eigenvalue weighted by molar-refractivity contribution is -0.108. The molecule has 1 aliphatic rings. The van der Waals surface area contributed by atoms with Gasteiger partial charge in [-0.25, -0.2) is 4.98 Å². The molecular weight excluding hydrogens is 566 g/mol. The van der Waals surface area contributed by atoms with Crippen LogP contribution in [0.4, 0.5) is 10.8 Å². The quantitative estimate of drug-likeness (QED) is 0.204. The van der Waals surface area contributed by atoms with Crippen LogP contribution in [0.3, 0.4) is 0 Å². The molecule has 0 aliphatic carbocycles. The third kappa shape index (κ3) is 13.4. The molecule has 2 aromatic carbocycles. The molecule has 0 bridgehead atoms. The second-order valence-corrected chi connectivity index (χ2v) is 11.3. The molecule has 0 saturated heterocycles. The summed E-state index contributed by atoms with van der Waals surface area (Å²) in [5, 5.41) is 13.6. The van der Waals surface area contributed by atoms with Gasteiger partial charge < -0.3 is 19.7 Å². The van der Waals surface area contributed by atoms with Crippen LogP contribution >= 0.6 is 22.9 Å². The number of aldehydes is 1. The molecule has 0 saturated carbocycles. The summed E-state index contributed by atoms with van der Waals surface area (Å²) >= 11 is 7.65. The first-order valence-electron chi connectivity index (χ1n) is 13.8. The number of amidine groups is 1. The van der Waals surface area contributed by atoms with Gasteiger partial charge in [0.05, 0.1) is 22.5 Å². The maximum atomic E-state index is 9.71. The monoisotopic (exact) mass is 609 g/mol. The van der Waals surface area contributed by atoms with E-state index in [1.54, 1.807) is 32.5 Å². The van der Waals surface area contributed by atoms with Crippen LogP contribution in [-0.2, 0) is 9.53 Å². The number of allylic oxidation sites excluding steroid dienone is 1. The van der Waals surface area contributed by atoms with Gasteiger partial charge in [0, 0.05) is 38.4 Å². The zero-order chi connectivity index (χ0) is 31.5. The van der Waals surface area contributed by atoms with Crippen molar-refractivity contribution in [2.24, 2.45) is 16.1 Å². The fourth-order valence-electron chi connectivity index (χ4n) is 3.48. The van der Waals surface area contributed by atoms with Crippen molar-refractivity contribution >= 4 is 67.4 Å². The van der Waals surface area contributed by atoms with Gasteiger partial charge in [-0.3, -0.25) is 0 Å². The van der Waals surface area contributed by atoms with Gasteiger partial charge in [0.2, 0.25) is 0 Å². The lowest BCUT2D eigenvalue weighted by atomic mass is 10.1. The van der Waals surface area contributed by atoms with Crippen LogP contribution in [-0.4, -0.2) is 55.5 Å². The molecule has 0 radical (unpaired) electrons. The first kappa shape index (κ1) is 36.5. The first-order valence-corrected chi connectivity index (χ1v) is 15.0. The Morgan fingerprint density at radius 2 is 1.86 bits per heavy atom. The number of aromatic nitrogens is 1. The van der Waals surface area contributed by atoms with Gasteiger partial charge in [0.25, 0.3) is 0 Å². The maximum Gasteiger partial charge on any atom is 0.188 e. The molecular formula is C33H44ClN5O2S. The van der Waals surface area contributed by atoms with Crippen LogP contribution in [0.2, 0.25) is 5.02 Å². The third-order valence-electron chi connectivity index (χ3n) is 5.66. The van der Waals surface area contributed by atoms with Gasteiger partial charge in [0.15, 0.2) is 11.0 Å². The molecule has 3 aromatic rings. The largest absolute Gasteiger partial charge is 0.388 e. The summed E-state index contributed by atoms with van der Waals surface area (Å²) in [5.41, 5.74) is 5.34. The van der Waals surface area contributed by atoms with Crippen molar-refractivity contribution in [1.82, 2.24) is 9.88 Å². The second-order valence-electron chi connectivity index (χ2n) is 9.83. The van der Waals surface area contributed by atoms with E-state index in [9.17, 15) is 4.79 Å². The molecule has 0 unspecified atom stereocenters. The third-order valence-corrected chi connectivity index (χ3v) is 6.83. The summed E-state index contributed by atoms with van der Waals surface area (Å²) in [6.07, 6.45) is 10.3. The van der Waals surface area contributed by atoms with E-state index in [0.29, 0.717) is 5.92 Å². The number of benzene rings is 2. The first-order chi connectivity index (χ1) is 20.1. The summed E-state index contributed by atoms with van der Waals surface area (Å²) in [6, 6.07) is 14.1. The summed E-state index contributed by atoms with van der Waals surface area (Å²) in [6.45, 7) is 10.9. The Hall–Kier alpha value is -3.51. The van der Waals surface area contributed by atoms with E-state index >= 15 is 0 Å². The molecule has 1 N–H and O–H groups in total. The molecule has 0 amide bonds. The smallest absolute Gasteiger partial charge is 0.188 e. The summed E-state index contributed by atoms with van der Waals surface area (Å²) in [7, 11) is 5.30. The standard InChI is InChI=1S/C22H22ClN5S.C6H12O.C3H4.C2H6O/c1-4-17-13-28(3)21(27-26-17)11-14(2)15-5-8-18(9-6-15)24-22-25-19-10-7-16(23)12-20(19)29-22;1-6(2)4-3-5-7;2*1-3-2/h5-12H,4,13H2,1-3H3,(H,24,25);5-6H,3-4H2,1-2H3;1H,2H3;1-2H3/b14-11+;;;. The van der Waals surface area contributed by atoms with Crippen molar-refractivity contribution < 1.29 is 9.53 Å². The predicted molar refractivity (Wildman–Crippen MR) is 183 cm³/mol. The minimum absolute atomic E-state index is 0.671. The van der Waals surface area contributed by atoms with E-state index in [1.807, 2.05) is 25.2 Å². The number of likely N-dealkylation sites (N-methyl/N-ethyl adjacent to an activating group) is 1. The highest BCUT2D eigenvalue weighted by molar-refractivity contribution is 7.22. The Balaban J connectivity index is 0.000000574. The average molecular weight is 610 g/mol. The van der Waals surface area contributed by atoms with Gasteiger partial charge in [-0.1, -0.05) is 55.8 Å². The topological polar surface area (TPSA) is 79.2 Å². The number of hydrogen-bond acceptors (Lipinski definition) is 8. The molecule has 9 heteroatoms. The van der Waals surface area contributed by atoms with E-state index in [0.717, 1.165) is 80.8 Å². The zero-order valence-corrected chi connectivity index (χ0v) is 27.6. The summed E-state index contributed by atoms with van der Waals surface area (Å²) in [4.78, 5) is 16.4. The van der Waals surface area contributed by atoms with E-state index in [1.165, 1.54) is 0 Å². The Kier molecular flexibility index (Phi) is 17.7. The van der Waals surface area contributed by atoms with Crippen LogP contribution in [0.1, 0.15) is 59.4 Å². The Morgan fingerprint density at radius 3 is 2.38 bits per heavy atom. The highest BCUT2D eigenvalue weighted by atomic mass is 35.5. The molecule has 2 heterocycles. The minimum atomic E-state index is 0.671. The zero-order valence-electron chi connectivity index (χ0n) is 26.1. The van der Waals surface area contributed by atoms with Gasteiger partial charge in [-0.2, -0.15) is 5.10 Å². The lowest BCUT2D eigenvalue weighted by Gasteiger charge is -2.22. The number of thiazole rings is 1. The van der Waals surface area contributed by atoms with Crippen molar-refractivity contribution in [3.8, 4) is 12.3 Å². The molecule has 0 fully saturated rings. The number of carbonyl (C=O) groups is 1. The van der Waals surface area contributed by atoms with Crippen molar-refractivity contribution in [3.05, 3.63) is 59.1 Å². The molecule has 42 heavy (non-hydrogen) atoms. The molecule has 0 atom stereocenters. The van der Waals surface area contributed by atoms with Crippen LogP contribution < -0.4 is 5.32 Å². The molecule has 1 aromatic heterocycles. The van der Waals surface area contributed by atoms with Crippen molar-refractivity contribution in [1.29, 1.82) is 0 Å². The molecule has 7 nitrogen and oxygen atoms in total. The highest BCUT2D eigenvalue weighted by Gasteiger charge is 2.12. The normalized spacial score (nSPS) is 12.4. The number of carbonyl (C=O) groups excluding carboxylic acids is 1. The van der Waals surface area contributed by atoms with E-state index in [2.05, 4.69) is 101 Å². The Bertz CT molecular complexity index is 1370.